The summed E-state index contributed by atoms with van der Waals surface area (Å²) in [4.78, 5) is 51.7. The molecule has 1 fully saturated rings. The minimum absolute atomic E-state index is 0.0969. The second-order valence-electron chi connectivity index (χ2n) is 16.9. The Bertz CT molecular complexity index is 1050. The van der Waals surface area contributed by atoms with Gasteiger partial charge in [0, 0.05) is 25.8 Å². The molecule has 0 aliphatic carbocycles. The van der Waals surface area contributed by atoms with Crippen molar-refractivity contribution >= 4 is 23.7 Å². The average Bonchev–Trinajstić information content (AvgIpc) is 3.21. The first-order valence-electron chi connectivity index (χ1n) is 23.9. The van der Waals surface area contributed by atoms with E-state index in [9.17, 15) is 34.5 Å². The van der Waals surface area contributed by atoms with E-state index in [1.165, 1.54) is 109 Å². The number of hydrogen-bond acceptors (Lipinski definition) is 8. The van der Waals surface area contributed by atoms with E-state index >= 15 is 0 Å². The molecule has 0 saturated carbocycles. The number of aliphatic hydroxyl groups is 3. The Labute approximate surface area is 352 Å². The standard InChI is InChI=1S/C46H87N3O9/c1-3-5-7-9-11-13-14-15-16-17-18-19-21-23-27-31-35-49(41(53)33-29-24-22-20-12-10-8-6-4-2)46-43(45(57)44(56)38(37-50)58-46)48-40(52)36-47-39(51)32-28-25-26-30-34-42(54)55/h38,43-46,50,56-57H,3-37H2,1-2H3,(H,47,51)(H,48,52)(H,54,55)/t38-,43-,44-,45-,46-/m1/s1. The molecule has 6 N–H and O–H groups in total. The number of aliphatic carboxylic acids is 1. The third kappa shape index (κ3) is 26.7. The van der Waals surface area contributed by atoms with E-state index < -0.39 is 49.1 Å². The number of ether oxygens (including phenoxy) is 1. The highest BCUT2D eigenvalue weighted by Crippen LogP contribution is 2.26. The number of nitrogens with zero attached hydrogens (tertiary/aromatic N) is 1. The summed E-state index contributed by atoms with van der Waals surface area (Å²) in [7, 11) is 0. The van der Waals surface area contributed by atoms with E-state index in [0.29, 0.717) is 45.1 Å². The molecule has 3 amide bonds. The van der Waals surface area contributed by atoms with E-state index in [-0.39, 0.29) is 31.2 Å². The van der Waals surface area contributed by atoms with Crippen LogP contribution in [0.4, 0.5) is 0 Å². The SMILES string of the molecule is CCCCCCCCCCCCCCCCCCN(C(=O)CCCCCCCCCCC)[C@@H]1O[C@H](CO)[C@@H](O)[C@H](O)[C@H]1NC(=O)CNC(=O)CCCCCCC(=O)O. The van der Waals surface area contributed by atoms with Crippen LogP contribution in [-0.4, -0.2) is 99.3 Å². The first kappa shape index (κ1) is 53.7. The largest absolute Gasteiger partial charge is 0.481 e. The van der Waals surface area contributed by atoms with Gasteiger partial charge in [0.25, 0.3) is 0 Å². The number of carbonyl (C=O) groups is 4. The Morgan fingerprint density at radius 2 is 0.948 bits per heavy atom. The third-order valence-electron chi connectivity index (χ3n) is 11.6. The second-order valence-corrected chi connectivity index (χ2v) is 16.9. The third-order valence-corrected chi connectivity index (χ3v) is 11.6. The molecule has 58 heavy (non-hydrogen) atoms. The van der Waals surface area contributed by atoms with Gasteiger partial charge in [0.15, 0.2) is 6.23 Å². The van der Waals surface area contributed by atoms with Gasteiger partial charge in [-0.2, -0.15) is 0 Å². The van der Waals surface area contributed by atoms with Gasteiger partial charge in [-0.25, -0.2) is 0 Å². The maximum absolute atomic E-state index is 13.9. The Balaban J connectivity index is 2.74. The normalized spacial score (nSPS) is 19.2. The van der Waals surface area contributed by atoms with Gasteiger partial charge in [-0.3, -0.25) is 19.2 Å². The highest BCUT2D eigenvalue weighted by atomic mass is 16.5. The Morgan fingerprint density at radius 1 is 0.534 bits per heavy atom. The van der Waals surface area contributed by atoms with Crippen LogP contribution in [0.5, 0.6) is 0 Å². The molecule has 12 nitrogen and oxygen atoms in total. The van der Waals surface area contributed by atoms with Crippen LogP contribution < -0.4 is 10.6 Å². The lowest BCUT2D eigenvalue weighted by Gasteiger charge is -2.47. The van der Waals surface area contributed by atoms with Gasteiger partial charge >= 0.3 is 5.97 Å². The van der Waals surface area contributed by atoms with Crippen molar-refractivity contribution in [3.8, 4) is 0 Å². The van der Waals surface area contributed by atoms with Crippen molar-refractivity contribution in [3.63, 3.8) is 0 Å². The number of rotatable bonds is 39. The van der Waals surface area contributed by atoms with Crippen LogP contribution in [0.25, 0.3) is 0 Å². The van der Waals surface area contributed by atoms with Crippen molar-refractivity contribution in [2.24, 2.45) is 0 Å². The van der Waals surface area contributed by atoms with Gasteiger partial charge in [-0.15, -0.1) is 0 Å². The molecule has 0 aromatic carbocycles. The molecule has 1 saturated heterocycles. The van der Waals surface area contributed by atoms with Crippen LogP contribution in [0.1, 0.15) is 219 Å². The van der Waals surface area contributed by atoms with Crippen LogP contribution in [0.15, 0.2) is 0 Å². The van der Waals surface area contributed by atoms with Crippen LogP contribution in [0.2, 0.25) is 0 Å². The number of carbonyl (C=O) groups excluding carboxylic acids is 3. The molecular formula is C46H87N3O9. The molecule has 0 aromatic heterocycles. The van der Waals surface area contributed by atoms with E-state index in [2.05, 4.69) is 24.5 Å². The van der Waals surface area contributed by atoms with E-state index in [4.69, 9.17) is 9.84 Å². The molecule has 1 heterocycles. The summed E-state index contributed by atoms with van der Waals surface area (Å²) in [6.07, 6.45) is 27.6. The zero-order valence-electron chi connectivity index (χ0n) is 36.9. The monoisotopic (exact) mass is 826 g/mol. The van der Waals surface area contributed by atoms with E-state index in [1.54, 1.807) is 4.90 Å². The van der Waals surface area contributed by atoms with Crippen molar-refractivity contribution in [3.05, 3.63) is 0 Å². The molecule has 1 aliphatic heterocycles. The van der Waals surface area contributed by atoms with Gasteiger partial charge in [0.2, 0.25) is 17.7 Å². The molecule has 0 bridgehead atoms. The highest BCUT2D eigenvalue weighted by Gasteiger charge is 2.48. The van der Waals surface area contributed by atoms with Crippen molar-refractivity contribution in [2.45, 2.75) is 250 Å². The Kier molecular flexibility index (Phi) is 33.9. The minimum Gasteiger partial charge on any atom is -0.481 e. The number of carboxylic acids is 1. The van der Waals surface area contributed by atoms with E-state index in [1.807, 2.05) is 0 Å². The lowest BCUT2D eigenvalue weighted by molar-refractivity contribution is -0.231. The number of nitrogens with one attached hydrogen (secondary N) is 2. The number of carboxylic acid groups (broad SMARTS) is 1. The lowest BCUT2D eigenvalue weighted by atomic mass is 9.94. The Morgan fingerprint density at radius 3 is 1.40 bits per heavy atom. The summed E-state index contributed by atoms with van der Waals surface area (Å²) in [5.41, 5.74) is 0. The zero-order chi connectivity index (χ0) is 42.6. The topological polar surface area (TPSA) is 186 Å². The van der Waals surface area contributed by atoms with E-state index in [0.717, 1.165) is 44.9 Å². The number of unbranched alkanes of at least 4 members (excludes halogenated alkanes) is 26. The van der Waals surface area contributed by atoms with Crippen LogP contribution >= 0.6 is 0 Å². The average molecular weight is 826 g/mol. The zero-order valence-corrected chi connectivity index (χ0v) is 36.9. The predicted molar refractivity (Wildman–Crippen MR) is 231 cm³/mol. The molecule has 1 aliphatic rings. The smallest absolute Gasteiger partial charge is 0.303 e. The second kappa shape index (κ2) is 36.6. The molecule has 1 rings (SSSR count). The lowest BCUT2D eigenvalue weighted by Crippen LogP contribution is -2.69. The summed E-state index contributed by atoms with van der Waals surface area (Å²) in [5, 5.41) is 46.1. The van der Waals surface area contributed by atoms with Crippen molar-refractivity contribution < 1.29 is 44.3 Å². The fourth-order valence-corrected chi connectivity index (χ4v) is 7.89. The summed E-state index contributed by atoms with van der Waals surface area (Å²) >= 11 is 0. The van der Waals surface area contributed by atoms with Gasteiger partial charge < -0.3 is 40.7 Å². The molecule has 12 heteroatoms. The van der Waals surface area contributed by atoms with Gasteiger partial charge in [0.1, 0.15) is 24.4 Å². The van der Waals surface area contributed by atoms with Crippen molar-refractivity contribution in [1.29, 1.82) is 0 Å². The highest BCUT2D eigenvalue weighted by molar-refractivity contribution is 5.85. The summed E-state index contributed by atoms with van der Waals surface area (Å²) in [6.45, 7) is 3.89. The molecule has 0 radical (unpaired) electrons. The van der Waals surface area contributed by atoms with Crippen LogP contribution in [0.3, 0.4) is 0 Å². The van der Waals surface area contributed by atoms with Crippen molar-refractivity contribution in [2.75, 3.05) is 19.7 Å². The fraction of sp³-hybridized carbons (Fsp3) is 0.913. The molecule has 5 atom stereocenters. The maximum Gasteiger partial charge on any atom is 0.303 e. The summed E-state index contributed by atoms with van der Waals surface area (Å²) < 4.78 is 6.12. The number of amides is 3. The molecule has 0 spiro atoms. The molecule has 340 valence electrons. The minimum atomic E-state index is -1.52. The summed E-state index contributed by atoms with van der Waals surface area (Å²) in [5.74, 6) is -1.92. The number of aliphatic hydroxyl groups excluding tert-OH is 3. The van der Waals surface area contributed by atoms with Gasteiger partial charge in [0.05, 0.1) is 13.2 Å². The van der Waals surface area contributed by atoms with Crippen LogP contribution in [-0.2, 0) is 23.9 Å². The quantitative estimate of drug-likeness (QED) is 0.0331. The first-order valence-corrected chi connectivity index (χ1v) is 23.9. The maximum atomic E-state index is 13.9. The van der Waals surface area contributed by atoms with Crippen LogP contribution in [0, 0.1) is 0 Å². The van der Waals surface area contributed by atoms with Crippen molar-refractivity contribution in [1.82, 2.24) is 15.5 Å². The molecule has 0 unspecified atom stereocenters. The molecule has 0 aromatic rings. The first-order chi connectivity index (χ1) is 28.2. The predicted octanol–water partition coefficient (Wildman–Crippen LogP) is 8.46. The fourth-order valence-electron chi connectivity index (χ4n) is 7.89. The number of hydrogen-bond donors (Lipinski definition) is 6. The van der Waals surface area contributed by atoms with Gasteiger partial charge in [-0.05, 0) is 25.7 Å². The Hall–Kier alpha value is -2.28. The molecular weight excluding hydrogens is 739 g/mol. The van der Waals surface area contributed by atoms with Gasteiger partial charge in [-0.1, -0.05) is 174 Å². The summed E-state index contributed by atoms with van der Waals surface area (Å²) in [6, 6.07) is -1.18.